The second-order valence-electron chi connectivity index (χ2n) is 5.05. The van der Waals surface area contributed by atoms with E-state index in [0.717, 1.165) is 25.7 Å². The summed E-state index contributed by atoms with van der Waals surface area (Å²) in [5, 5.41) is 0. The predicted octanol–water partition coefficient (Wildman–Crippen LogP) is 2.50. The van der Waals surface area contributed by atoms with Gasteiger partial charge in [0.1, 0.15) is 5.78 Å². The first-order chi connectivity index (χ1) is 8.22. The van der Waals surface area contributed by atoms with Gasteiger partial charge in [0.15, 0.2) is 0 Å². The van der Waals surface area contributed by atoms with Crippen molar-refractivity contribution in [2.24, 2.45) is 17.8 Å². The molecule has 1 saturated carbocycles. The zero-order valence-corrected chi connectivity index (χ0v) is 10.4. The van der Waals surface area contributed by atoms with Gasteiger partial charge in [-0.05, 0) is 18.8 Å². The third-order valence-corrected chi connectivity index (χ3v) is 3.75. The van der Waals surface area contributed by atoms with Crippen molar-refractivity contribution in [2.75, 3.05) is 6.61 Å². The fraction of sp³-hybridized carbons (Fsp3) is 0.714. The fourth-order valence-corrected chi connectivity index (χ4v) is 2.77. The Morgan fingerprint density at radius 1 is 1.41 bits per heavy atom. The minimum Gasteiger partial charge on any atom is -0.466 e. The molecule has 0 spiro atoms. The Kier molecular flexibility index (Phi) is 3.97. The van der Waals surface area contributed by atoms with E-state index in [4.69, 9.17) is 4.74 Å². The summed E-state index contributed by atoms with van der Waals surface area (Å²) >= 11 is 0. The molecule has 2 rings (SSSR count). The number of ketones is 1. The highest BCUT2D eigenvalue weighted by Crippen LogP contribution is 2.42. The van der Waals surface area contributed by atoms with E-state index < -0.39 is 0 Å². The zero-order chi connectivity index (χ0) is 12.3. The van der Waals surface area contributed by atoms with Crippen LogP contribution in [0.25, 0.3) is 0 Å². The molecule has 3 atom stereocenters. The number of esters is 1. The summed E-state index contributed by atoms with van der Waals surface area (Å²) in [7, 11) is 0. The van der Waals surface area contributed by atoms with Crippen molar-refractivity contribution in [3.05, 3.63) is 12.2 Å². The van der Waals surface area contributed by atoms with Crippen LogP contribution < -0.4 is 0 Å². The van der Waals surface area contributed by atoms with Gasteiger partial charge in [0.25, 0.3) is 0 Å². The van der Waals surface area contributed by atoms with Crippen LogP contribution in [0.4, 0.5) is 0 Å². The monoisotopic (exact) mass is 236 g/mol. The standard InChI is InChI=1S/C14H20O3/c1-2-3-4-7-17-13(15)9-11-8-10-5-6-12(11)14(10)16/h5-6,10-12H,2-4,7-9H2,1H3. The van der Waals surface area contributed by atoms with Crippen LogP contribution in [0.1, 0.15) is 39.0 Å². The third kappa shape index (κ3) is 2.76. The Morgan fingerprint density at radius 2 is 2.24 bits per heavy atom. The van der Waals surface area contributed by atoms with Gasteiger partial charge < -0.3 is 4.74 Å². The first kappa shape index (κ1) is 12.3. The number of carbonyl (C=O) groups excluding carboxylic acids is 2. The maximum atomic E-state index is 11.6. The van der Waals surface area contributed by atoms with E-state index in [1.54, 1.807) is 0 Å². The second kappa shape index (κ2) is 5.48. The Balaban J connectivity index is 1.70. The van der Waals surface area contributed by atoms with Crippen molar-refractivity contribution < 1.29 is 14.3 Å². The van der Waals surface area contributed by atoms with Crippen LogP contribution >= 0.6 is 0 Å². The largest absolute Gasteiger partial charge is 0.466 e. The third-order valence-electron chi connectivity index (χ3n) is 3.75. The Morgan fingerprint density at radius 3 is 2.82 bits per heavy atom. The maximum absolute atomic E-state index is 11.6. The predicted molar refractivity (Wildman–Crippen MR) is 64.3 cm³/mol. The minimum absolute atomic E-state index is 0.0109. The molecule has 0 radical (unpaired) electrons. The quantitative estimate of drug-likeness (QED) is 0.404. The van der Waals surface area contributed by atoms with Gasteiger partial charge in [0.2, 0.25) is 0 Å². The lowest BCUT2D eigenvalue weighted by Gasteiger charge is -2.15. The molecule has 0 amide bonds. The number of hydrogen-bond acceptors (Lipinski definition) is 3. The van der Waals surface area contributed by atoms with Crippen molar-refractivity contribution >= 4 is 11.8 Å². The summed E-state index contributed by atoms with van der Waals surface area (Å²) in [5.74, 6) is 0.422. The number of unbranched alkanes of at least 4 members (excludes halogenated alkanes) is 2. The zero-order valence-electron chi connectivity index (χ0n) is 10.4. The highest BCUT2D eigenvalue weighted by molar-refractivity contribution is 5.92. The average molecular weight is 236 g/mol. The summed E-state index contributed by atoms with van der Waals surface area (Å²) in [6.45, 7) is 2.65. The Labute approximate surface area is 102 Å². The molecule has 1 fully saturated rings. The van der Waals surface area contributed by atoms with Gasteiger partial charge in [-0.1, -0.05) is 31.9 Å². The van der Waals surface area contributed by atoms with Crippen LogP contribution in [-0.2, 0) is 14.3 Å². The van der Waals surface area contributed by atoms with Crippen molar-refractivity contribution in [3.63, 3.8) is 0 Å². The minimum atomic E-state index is -0.139. The van der Waals surface area contributed by atoms with Crippen molar-refractivity contribution in [3.8, 4) is 0 Å². The van der Waals surface area contributed by atoms with Crippen LogP contribution in [-0.4, -0.2) is 18.4 Å². The summed E-state index contributed by atoms with van der Waals surface area (Å²) in [5.41, 5.74) is 0. The fourth-order valence-electron chi connectivity index (χ4n) is 2.77. The molecule has 17 heavy (non-hydrogen) atoms. The topological polar surface area (TPSA) is 43.4 Å². The Bertz CT molecular complexity index is 332. The molecule has 0 aromatic rings. The molecule has 3 unspecified atom stereocenters. The van der Waals surface area contributed by atoms with Crippen LogP contribution in [0.5, 0.6) is 0 Å². The number of fused-ring (bicyclic) bond motifs is 2. The molecule has 2 aliphatic rings. The molecular formula is C14H20O3. The summed E-state index contributed by atoms with van der Waals surface area (Å²) in [6.07, 6.45) is 8.36. The lowest BCUT2D eigenvalue weighted by atomic mass is 9.91. The van der Waals surface area contributed by atoms with Crippen molar-refractivity contribution in [2.45, 2.75) is 39.0 Å². The number of hydrogen-bond donors (Lipinski definition) is 0. The molecule has 0 aliphatic heterocycles. The van der Waals surface area contributed by atoms with Gasteiger partial charge in [-0.25, -0.2) is 0 Å². The van der Waals surface area contributed by atoms with Crippen LogP contribution in [0.2, 0.25) is 0 Å². The molecule has 0 aromatic heterocycles. The SMILES string of the molecule is CCCCCOC(=O)CC1CC2C=CC1C2=O. The molecule has 0 saturated heterocycles. The highest BCUT2D eigenvalue weighted by Gasteiger charge is 2.44. The molecule has 0 aromatic carbocycles. The maximum Gasteiger partial charge on any atom is 0.306 e. The summed E-state index contributed by atoms with van der Waals surface area (Å²) < 4.78 is 5.17. The van der Waals surface area contributed by atoms with E-state index in [1.165, 1.54) is 0 Å². The number of carbonyl (C=O) groups is 2. The lowest BCUT2D eigenvalue weighted by Crippen LogP contribution is -2.17. The molecule has 2 aliphatic carbocycles. The van der Waals surface area contributed by atoms with Crippen LogP contribution in [0, 0.1) is 17.8 Å². The van der Waals surface area contributed by atoms with E-state index in [9.17, 15) is 9.59 Å². The van der Waals surface area contributed by atoms with Crippen molar-refractivity contribution in [1.82, 2.24) is 0 Å². The molecular weight excluding hydrogens is 216 g/mol. The van der Waals surface area contributed by atoms with E-state index in [-0.39, 0.29) is 23.7 Å². The van der Waals surface area contributed by atoms with Gasteiger partial charge in [0.05, 0.1) is 6.61 Å². The van der Waals surface area contributed by atoms with Crippen LogP contribution in [0.3, 0.4) is 0 Å². The highest BCUT2D eigenvalue weighted by atomic mass is 16.5. The normalized spacial score (nSPS) is 29.9. The first-order valence-corrected chi connectivity index (χ1v) is 6.60. The smallest absolute Gasteiger partial charge is 0.306 e. The molecule has 0 heterocycles. The summed E-state index contributed by atoms with van der Waals surface area (Å²) in [4.78, 5) is 23.2. The van der Waals surface area contributed by atoms with Crippen LogP contribution in [0.15, 0.2) is 12.2 Å². The van der Waals surface area contributed by atoms with Gasteiger partial charge in [-0.2, -0.15) is 0 Å². The van der Waals surface area contributed by atoms with E-state index in [1.807, 2.05) is 12.2 Å². The molecule has 3 heteroatoms. The summed E-state index contributed by atoms with van der Waals surface area (Å²) in [6, 6.07) is 0. The Hall–Kier alpha value is -1.12. The van der Waals surface area contributed by atoms with Gasteiger partial charge in [-0.15, -0.1) is 0 Å². The number of allylic oxidation sites excluding steroid dienone is 2. The van der Waals surface area contributed by atoms with E-state index in [2.05, 4.69) is 6.92 Å². The van der Waals surface area contributed by atoms with E-state index in [0.29, 0.717) is 18.8 Å². The van der Waals surface area contributed by atoms with Crippen molar-refractivity contribution in [1.29, 1.82) is 0 Å². The van der Waals surface area contributed by atoms with Gasteiger partial charge >= 0.3 is 5.97 Å². The van der Waals surface area contributed by atoms with E-state index >= 15 is 0 Å². The van der Waals surface area contributed by atoms with Gasteiger partial charge in [0, 0.05) is 18.3 Å². The number of rotatable bonds is 6. The molecule has 0 N–H and O–H groups in total. The molecule has 2 bridgehead atoms. The van der Waals surface area contributed by atoms with Gasteiger partial charge in [-0.3, -0.25) is 9.59 Å². The average Bonchev–Trinajstić information content (AvgIpc) is 2.80. The molecule has 3 nitrogen and oxygen atoms in total. The lowest BCUT2D eigenvalue weighted by molar-refractivity contribution is -0.145. The number of ether oxygens (including phenoxy) is 1. The number of Topliss-reactive ketones (excluding diaryl/α,β-unsaturated/α-hetero) is 1. The first-order valence-electron chi connectivity index (χ1n) is 6.60. The second-order valence-corrected chi connectivity index (χ2v) is 5.05. The molecule has 94 valence electrons.